The van der Waals surface area contributed by atoms with Crippen LogP contribution in [-0.2, 0) is 0 Å². The van der Waals surface area contributed by atoms with E-state index in [9.17, 15) is 18.4 Å². The lowest BCUT2D eigenvalue weighted by Gasteiger charge is -2.44. The first kappa shape index (κ1) is 20.8. The monoisotopic (exact) mass is 427 g/mol. The molecule has 2 amide bonds. The fourth-order valence-corrected chi connectivity index (χ4v) is 4.26. The van der Waals surface area contributed by atoms with E-state index in [1.54, 1.807) is 28.1 Å². The van der Waals surface area contributed by atoms with E-state index >= 15 is 0 Å². The summed E-state index contributed by atoms with van der Waals surface area (Å²) in [4.78, 5) is 32.4. The number of carbonyl (C=O) groups excluding carboxylic acids is 2. The number of halogens is 2. The smallest absolute Gasteiger partial charge is 0.257 e. The van der Waals surface area contributed by atoms with Crippen LogP contribution in [0.3, 0.4) is 0 Å². The Morgan fingerprint density at radius 2 is 1.71 bits per heavy atom. The van der Waals surface area contributed by atoms with Crippen LogP contribution in [0.25, 0.3) is 10.9 Å². The summed E-state index contributed by atoms with van der Waals surface area (Å²) >= 11 is 0. The number of hydrogen-bond donors (Lipinski definition) is 1. The van der Waals surface area contributed by atoms with Crippen LogP contribution in [0.5, 0.6) is 5.75 Å². The average molecular weight is 427 g/mol. The van der Waals surface area contributed by atoms with Crippen molar-refractivity contribution in [2.45, 2.75) is 25.9 Å². The second-order valence-electron chi connectivity index (χ2n) is 7.86. The van der Waals surface area contributed by atoms with E-state index in [1.807, 2.05) is 13.8 Å². The van der Waals surface area contributed by atoms with Gasteiger partial charge in [0.2, 0.25) is 0 Å². The summed E-state index contributed by atoms with van der Waals surface area (Å²) in [6.07, 6.45) is 1.58. The summed E-state index contributed by atoms with van der Waals surface area (Å²) in [6, 6.07) is 7.73. The molecule has 1 aromatic heterocycles. The quantitative estimate of drug-likeness (QED) is 0.691. The number of H-pyrrole nitrogens is 1. The lowest BCUT2D eigenvalue weighted by molar-refractivity contribution is 0.0252. The first-order valence-corrected chi connectivity index (χ1v) is 10.0. The van der Waals surface area contributed by atoms with Crippen LogP contribution in [0, 0.1) is 11.6 Å². The van der Waals surface area contributed by atoms with Crippen molar-refractivity contribution < 1.29 is 23.1 Å². The number of amides is 2. The Balaban J connectivity index is 1.55. The van der Waals surface area contributed by atoms with Crippen molar-refractivity contribution in [3.05, 3.63) is 65.4 Å². The van der Waals surface area contributed by atoms with E-state index in [4.69, 9.17) is 4.74 Å². The van der Waals surface area contributed by atoms with Gasteiger partial charge in [0.15, 0.2) is 0 Å². The van der Waals surface area contributed by atoms with Crippen molar-refractivity contribution in [2.24, 2.45) is 0 Å². The molecule has 8 heteroatoms. The van der Waals surface area contributed by atoms with Gasteiger partial charge >= 0.3 is 0 Å². The molecular formula is C23H23F2N3O3. The van der Waals surface area contributed by atoms with Gasteiger partial charge in [0.25, 0.3) is 11.8 Å². The Morgan fingerprint density at radius 1 is 1.00 bits per heavy atom. The Morgan fingerprint density at radius 3 is 2.35 bits per heavy atom. The van der Waals surface area contributed by atoms with Crippen LogP contribution in [0.15, 0.2) is 42.6 Å². The summed E-state index contributed by atoms with van der Waals surface area (Å²) < 4.78 is 33.1. The number of benzene rings is 2. The third-order valence-electron chi connectivity index (χ3n) is 5.72. The highest BCUT2D eigenvalue weighted by atomic mass is 19.1. The Labute approximate surface area is 178 Å². The first-order chi connectivity index (χ1) is 14.8. The van der Waals surface area contributed by atoms with Crippen LogP contribution in [0.2, 0.25) is 0 Å². The number of rotatable bonds is 3. The molecule has 0 radical (unpaired) electrons. The predicted molar refractivity (Wildman–Crippen MR) is 112 cm³/mol. The molecular weight excluding hydrogens is 404 g/mol. The molecule has 2 aromatic carbocycles. The molecule has 4 rings (SSSR count). The predicted octanol–water partition coefficient (Wildman–Crippen LogP) is 3.83. The molecule has 0 saturated carbocycles. The molecule has 0 spiro atoms. The minimum atomic E-state index is -0.650. The lowest BCUT2D eigenvalue weighted by Crippen LogP contribution is -2.59. The van der Waals surface area contributed by atoms with Gasteiger partial charge in [-0.3, -0.25) is 9.59 Å². The number of nitrogens with one attached hydrogen (secondary N) is 1. The fourth-order valence-electron chi connectivity index (χ4n) is 4.26. The highest BCUT2D eigenvalue weighted by molar-refractivity contribution is 6.07. The molecule has 1 aliphatic rings. The molecule has 0 unspecified atom stereocenters. The van der Waals surface area contributed by atoms with E-state index in [-0.39, 0.29) is 36.6 Å². The maximum atomic E-state index is 14.4. The van der Waals surface area contributed by atoms with Crippen LogP contribution >= 0.6 is 0 Å². The molecule has 2 heterocycles. The SMILES string of the molecule is COc1ccc(C(=O)N2[C@H](C)CN(C(=O)c3c[nH]c4ccc(F)cc34)C[C@H]2C)c(F)c1. The maximum Gasteiger partial charge on any atom is 0.257 e. The molecule has 0 aliphatic carbocycles. The molecule has 1 saturated heterocycles. The molecule has 1 N–H and O–H groups in total. The number of fused-ring (bicyclic) bond motifs is 1. The summed E-state index contributed by atoms with van der Waals surface area (Å²) in [6.45, 7) is 4.22. The Kier molecular flexibility index (Phi) is 5.39. The van der Waals surface area contributed by atoms with Crippen LogP contribution in [-0.4, -0.2) is 58.9 Å². The van der Waals surface area contributed by atoms with Gasteiger partial charge < -0.3 is 19.5 Å². The summed E-state index contributed by atoms with van der Waals surface area (Å²) in [5.74, 6) is -1.40. The highest BCUT2D eigenvalue weighted by Crippen LogP contribution is 2.26. The second kappa shape index (κ2) is 8.02. The number of piperazine rings is 1. The van der Waals surface area contributed by atoms with Gasteiger partial charge in [-0.1, -0.05) is 0 Å². The van der Waals surface area contributed by atoms with E-state index in [2.05, 4.69) is 4.98 Å². The Bertz CT molecular complexity index is 1150. The maximum absolute atomic E-state index is 14.4. The van der Waals surface area contributed by atoms with Gasteiger partial charge in [0.1, 0.15) is 17.4 Å². The Hall–Kier alpha value is -3.42. The van der Waals surface area contributed by atoms with E-state index in [0.29, 0.717) is 22.2 Å². The second-order valence-corrected chi connectivity index (χ2v) is 7.86. The van der Waals surface area contributed by atoms with E-state index in [1.165, 1.54) is 31.4 Å². The minimum absolute atomic E-state index is 0.0358. The standard InChI is InChI=1S/C23H23F2N3O3/c1-13-11-27(22(29)19-10-26-21-7-4-15(24)8-18(19)21)12-14(2)28(13)23(30)17-6-5-16(31-3)9-20(17)25/h4-10,13-14,26H,11-12H2,1-3H3/t13-,14-/m1/s1. The largest absolute Gasteiger partial charge is 0.497 e. The highest BCUT2D eigenvalue weighted by Gasteiger charge is 2.36. The molecule has 0 bridgehead atoms. The van der Waals surface area contributed by atoms with Gasteiger partial charge in [-0.15, -0.1) is 0 Å². The number of hydrogen-bond acceptors (Lipinski definition) is 3. The topological polar surface area (TPSA) is 65.6 Å². The molecule has 6 nitrogen and oxygen atoms in total. The average Bonchev–Trinajstić information content (AvgIpc) is 3.15. The molecule has 1 fully saturated rings. The zero-order chi connectivity index (χ0) is 22.3. The molecule has 162 valence electrons. The number of nitrogens with zero attached hydrogens (tertiary/aromatic N) is 2. The van der Waals surface area contributed by atoms with Crippen molar-refractivity contribution in [1.82, 2.24) is 14.8 Å². The van der Waals surface area contributed by atoms with Crippen molar-refractivity contribution >= 4 is 22.7 Å². The van der Waals surface area contributed by atoms with Crippen molar-refractivity contribution in [1.29, 1.82) is 0 Å². The zero-order valence-corrected chi connectivity index (χ0v) is 17.5. The lowest BCUT2D eigenvalue weighted by atomic mass is 10.0. The van der Waals surface area contributed by atoms with Gasteiger partial charge in [-0.25, -0.2) is 8.78 Å². The number of aromatic nitrogens is 1. The number of ether oxygens (including phenoxy) is 1. The third-order valence-corrected chi connectivity index (χ3v) is 5.72. The van der Waals surface area contributed by atoms with Crippen molar-refractivity contribution in [3.63, 3.8) is 0 Å². The van der Waals surface area contributed by atoms with Gasteiger partial charge in [-0.05, 0) is 44.2 Å². The number of methoxy groups -OCH3 is 1. The zero-order valence-electron chi connectivity index (χ0n) is 17.5. The van der Waals surface area contributed by atoms with Gasteiger partial charge in [0, 0.05) is 48.3 Å². The molecule has 1 aliphatic heterocycles. The molecule has 31 heavy (non-hydrogen) atoms. The molecule has 3 aromatic rings. The van der Waals surface area contributed by atoms with Crippen LogP contribution in [0.4, 0.5) is 8.78 Å². The molecule has 2 atom stereocenters. The normalized spacial score (nSPS) is 19.0. The minimum Gasteiger partial charge on any atom is -0.497 e. The van der Waals surface area contributed by atoms with Crippen molar-refractivity contribution in [3.8, 4) is 5.75 Å². The number of aromatic amines is 1. The third kappa shape index (κ3) is 3.73. The summed E-state index contributed by atoms with van der Waals surface area (Å²) in [5.41, 5.74) is 1.02. The van der Waals surface area contributed by atoms with Crippen molar-refractivity contribution in [2.75, 3.05) is 20.2 Å². The summed E-state index contributed by atoms with van der Waals surface area (Å²) in [5, 5.41) is 0.518. The van der Waals surface area contributed by atoms with Crippen LogP contribution in [0.1, 0.15) is 34.6 Å². The fraction of sp³-hybridized carbons (Fsp3) is 0.304. The van der Waals surface area contributed by atoms with E-state index in [0.717, 1.165) is 0 Å². The van der Waals surface area contributed by atoms with Crippen LogP contribution < -0.4 is 4.74 Å². The summed E-state index contributed by atoms with van der Waals surface area (Å²) in [7, 11) is 1.43. The number of carbonyl (C=O) groups is 2. The van der Waals surface area contributed by atoms with E-state index < -0.39 is 17.5 Å². The van der Waals surface area contributed by atoms with Gasteiger partial charge in [-0.2, -0.15) is 0 Å². The first-order valence-electron chi connectivity index (χ1n) is 10.0. The van der Waals surface area contributed by atoms with Gasteiger partial charge in [0.05, 0.1) is 18.2 Å².